The van der Waals surface area contributed by atoms with Gasteiger partial charge in [-0.05, 0) is 48.7 Å². The molecule has 0 aliphatic heterocycles. The summed E-state index contributed by atoms with van der Waals surface area (Å²) in [7, 11) is 1.80. The van der Waals surface area contributed by atoms with Crippen LogP contribution in [0.2, 0.25) is 0 Å². The minimum atomic E-state index is 0. The van der Waals surface area contributed by atoms with Crippen LogP contribution >= 0.6 is 35.3 Å². The van der Waals surface area contributed by atoms with Gasteiger partial charge in [0.25, 0.3) is 0 Å². The first-order valence-corrected chi connectivity index (χ1v) is 8.10. The van der Waals surface area contributed by atoms with Crippen LogP contribution in [0.4, 0.5) is 0 Å². The zero-order chi connectivity index (χ0) is 15.1. The van der Waals surface area contributed by atoms with E-state index in [9.17, 15) is 0 Å². The fourth-order valence-corrected chi connectivity index (χ4v) is 2.81. The lowest BCUT2D eigenvalue weighted by Gasteiger charge is -2.11. The number of aromatic nitrogens is 2. The van der Waals surface area contributed by atoms with Crippen molar-refractivity contribution in [3.8, 4) is 0 Å². The first kappa shape index (κ1) is 19.0. The molecule has 0 saturated carbocycles. The summed E-state index contributed by atoms with van der Waals surface area (Å²) in [4.78, 5) is 4.23. The summed E-state index contributed by atoms with van der Waals surface area (Å²) < 4.78 is 2.05. The number of hydrogen-bond acceptors (Lipinski definition) is 3. The van der Waals surface area contributed by atoms with Gasteiger partial charge in [-0.2, -0.15) is 16.4 Å². The minimum absolute atomic E-state index is 0. The fourth-order valence-electron chi connectivity index (χ4n) is 2.14. The van der Waals surface area contributed by atoms with Crippen molar-refractivity contribution in [1.29, 1.82) is 0 Å². The van der Waals surface area contributed by atoms with Crippen LogP contribution < -0.4 is 10.6 Å². The second-order valence-corrected chi connectivity index (χ2v) is 5.77. The molecule has 2 N–H and O–H groups in total. The van der Waals surface area contributed by atoms with Gasteiger partial charge in [0.1, 0.15) is 0 Å². The van der Waals surface area contributed by atoms with Crippen LogP contribution in [0, 0.1) is 13.8 Å². The van der Waals surface area contributed by atoms with Crippen LogP contribution in [-0.4, -0.2) is 29.3 Å². The van der Waals surface area contributed by atoms with Gasteiger partial charge in [0.15, 0.2) is 5.96 Å². The van der Waals surface area contributed by atoms with Crippen molar-refractivity contribution in [1.82, 2.24) is 20.4 Å². The van der Waals surface area contributed by atoms with Crippen LogP contribution in [0.3, 0.4) is 0 Å². The first-order chi connectivity index (χ1) is 10.2. The Morgan fingerprint density at radius 3 is 2.77 bits per heavy atom. The van der Waals surface area contributed by atoms with Crippen LogP contribution in [-0.2, 0) is 13.1 Å². The molecule has 0 aliphatic rings. The van der Waals surface area contributed by atoms with Crippen LogP contribution in [0.15, 0.2) is 27.9 Å². The van der Waals surface area contributed by atoms with Crippen molar-refractivity contribution in [2.75, 3.05) is 13.6 Å². The highest BCUT2D eigenvalue weighted by Crippen LogP contribution is 2.05. The van der Waals surface area contributed by atoms with E-state index < -0.39 is 0 Å². The number of hydrogen-bond donors (Lipinski definition) is 2. The maximum Gasteiger partial charge on any atom is 0.191 e. The highest BCUT2D eigenvalue weighted by molar-refractivity contribution is 14.0. The van der Waals surface area contributed by atoms with Crippen molar-refractivity contribution in [3.63, 3.8) is 0 Å². The molecule has 2 heterocycles. The molecule has 2 aromatic heterocycles. The largest absolute Gasteiger partial charge is 0.356 e. The molecule has 0 amide bonds. The van der Waals surface area contributed by atoms with Gasteiger partial charge in [0.2, 0.25) is 0 Å². The molecule has 0 radical (unpaired) electrons. The van der Waals surface area contributed by atoms with Crippen LogP contribution in [0.25, 0.3) is 0 Å². The number of aliphatic imine (C=N–C) groups is 1. The van der Waals surface area contributed by atoms with Gasteiger partial charge in [-0.3, -0.25) is 9.67 Å². The van der Waals surface area contributed by atoms with Gasteiger partial charge in [-0.1, -0.05) is 0 Å². The number of guanidine groups is 1. The summed E-state index contributed by atoms with van der Waals surface area (Å²) in [6.07, 6.45) is 1.01. The molecule has 7 heteroatoms. The molecule has 0 aliphatic carbocycles. The molecule has 0 atom stereocenters. The number of aryl methyl sites for hydroxylation is 3. The Morgan fingerprint density at radius 1 is 1.36 bits per heavy atom. The normalized spacial score (nSPS) is 11.1. The van der Waals surface area contributed by atoms with E-state index in [0.29, 0.717) is 0 Å². The van der Waals surface area contributed by atoms with E-state index in [4.69, 9.17) is 0 Å². The Labute approximate surface area is 153 Å². The molecule has 0 saturated heterocycles. The Balaban J connectivity index is 0.00000242. The number of halogens is 1. The fraction of sp³-hybridized carbons (Fsp3) is 0.467. The quantitative estimate of drug-likeness (QED) is 0.319. The standard InChI is InChI=1S/C15H23N5S.HI/c1-12-9-13(2)20(19-12)7-4-6-17-15(16-3)18-10-14-5-8-21-11-14;/h5,8-9,11H,4,6-7,10H2,1-3H3,(H2,16,17,18);1H. The van der Waals surface area contributed by atoms with E-state index >= 15 is 0 Å². The lowest BCUT2D eigenvalue weighted by atomic mass is 10.3. The lowest BCUT2D eigenvalue weighted by molar-refractivity contribution is 0.555. The van der Waals surface area contributed by atoms with E-state index in [1.165, 1.54) is 11.3 Å². The summed E-state index contributed by atoms with van der Waals surface area (Å²) in [5.41, 5.74) is 3.58. The van der Waals surface area contributed by atoms with Crippen molar-refractivity contribution < 1.29 is 0 Å². The first-order valence-electron chi connectivity index (χ1n) is 7.15. The van der Waals surface area contributed by atoms with E-state index in [1.807, 2.05) is 6.92 Å². The second-order valence-electron chi connectivity index (χ2n) is 4.99. The summed E-state index contributed by atoms with van der Waals surface area (Å²) in [6.45, 7) is 6.73. The molecule has 2 rings (SSSR count). The monoisotopic (exact) mass is 433 g/mol. The molecule has 0 spiro atoms. The second kappa shape index (κ2) is 9.83. The van der Waals surface area contributed by atoms with Crippen molar-refractivity contribution in [3.05, 3.63) is 39.8 Å². The maximum atomic E-state index is 4.46. The van der Waals surface area contributed by atoms with Crippen molar-refractivity contribution >= 4 is 41.3 Å². The van der Waals surface area contributed by atoms with Crippen LogP contribution in [0.5, 0.6) is 0 Å². The molecular weight excluding hydrogens is 409 g/mol. The molecule has 0 bridgehead atoms. The SMILES string of the molecule is CN=C(NCCCn1nc(C)cc1C)NCc1ccsc1.I. The molecule has 0 aromatic carbocycles. The summed E-state index contributed by atoms with van der Waals surface area (Å²) in [5.74, 6) is 0.842. The molecule has 2 aromatic rings. The minimum Gasteiger partial charge on any atom is -0.356 e. The predicted molar refractivity (Wildman–Crippen MR) is 104 cm³/mol. The molecule has 5 nitrogen and oxygen atoms in total. The predicted octanol–water partition coefficient (Wildman–Crippen LogP) is 2.93. The average Bonchev–Trinajstić information content (AvgIpc) is 3.08. The molecular formula is C15H24IN5S. The summed E-state index contributed by atoms with van der Waals surface area (Å²) >= 11 is 1.71. The molecule has 0 unspecified atom stereocenters. The number of thiophene rings is 1. The van der Waals surface area contributed by atoms with E-state index in [0.717, 1.165) is 37.7 Å². The molecule has 22 heavy (non-hydrogen) atoms. The Hall–Kier alpha value is -1.09. The van der Waals surface area contributed by atoms with Crippen molar-refractivity contribution in [2.24, 2.45) is 4.99 Å². The zero-order valence-corrected chi connectivity index (χ0v) is 16.4. The van der Waals surface area contributed by atoms with Gasteiger partial charge in [-0.15, -0.1) is 24.0 Å². The Morgan fingerprint density at radius 2 is 2.18 bits per heavy atom. The van der Waals surface area contributed by atoms with Gasteiger partial charge < -0.3 is 10.6 Å². The van der Waals surface area contributed by atoms with E-state index in [2.05, 4.69) is 55.2 Å². The third-order valence-electron chi connectivity index (χ3n) is 3.21. The maximum absolute atomic E-state index is 4.46. The van der Waals surface area contributed by atoms with Gasteiger partial charge in [0, 0.05) is 32.4 Å². The Bertz CT molecular complexity index is 577. The Kier molecular flexibility index (Phi) is 8.47. The molecule has 0 fully saturated rings. The topological polar surface area (TPSA) is 54.2 Å². The third-order valence-corrected chi connectivity index (χ3v) is 3.94. The third kappa shape index (κ3) is 5.96. The smallest absolute Gasteiger partial charge is 0.191 e. The van der Waals surface area contributed by atoms with Gasteiger partial charge in [0.05, 0.1) is 5.69 Å². The highest BCUT2D eigenvalue weighted by atomic mass is 127. The number of nitrogens with zero attached hydrogens (tertiary/aromatic N) is 3. The van der Waals surface area contributed by atoms with Gasteiger partial charge >= 0.3 is 0 Å². The van der Waals surface area contributed by atoms with E-state index in [-0.39, 0.29) is 24.0 Å². The number of nitrogens with one attached hydrogen (secondary N) is 2. The highest BCUT2D eigenvalue weighted by Gasteiger charge is 2.01. The summed E-state index contributed by atoms with van der Waals surface area (Å²) in [5, 5.41) is 15.3. The number of rotatable bonds is 6. The van der Waals surface area contributed by atoms with Crippen LogP contribution in [0.1, 0.15) is 23.4 Å². The molecule has 122 valence electrons. The van der Waals surface area contributed by atoms with E-state index in [1.54, 1.807) is 18.4 Å². The lowest BCUT2D eigenvalue weighted by Crippen LogP contribution is -2.37. The van der Waals surface area contributed by atoms with Gasteiger partial charge in [-0.25, -0.2) is 0 Å². The zero-order valence-electron chi connectivity index (χ0n) is 13.3. The summed E-state index contributed by atoms with van der Waals surface area (Å²) in [6, 6.07) is 4.22. The van der Waals surface area contributed by atoms with Crippen molar-refractivity contribution in [2.45, 2.75) is 33.4 Å². The average molecular weight is 433 g/mol.